The standard InChI is InChI=1S/C21H26N6O3/c28-21(26-15-13-25(14-16-26)20-3-1-2-8-22-20)17-23-9-11-24(12-10-23)18-4-6-19(7-5-18)27(29)30/h1-8H,9-17H2/p+2. The van der Waals surface area contributed by atoms with Crippen molar-refractivity contribution in [3.8, 4) is 0 Å². The zero-order valence-electron chi connectivity index (χ0n) is 17.0. The predicted molar refractivity (Wildman–Crippen MR) is 113 cm³/mol. The smallest absolute Gasteiger partial charge is 0.278 e. The summed E-state index contributed by atoms with van der Waals surface area (Å²) in [5.74, 6) is 1.32. The van der Waals surface area contributed by atoms with E-state index in [1.807, 2.05) is 23.2 Å². The van der Waals surface area contributed by atoms with Crippen molar-refractivity contribution in [1.29, 1.82) is 0 Å². The van der Waals surface area contributed by atoms with Crippen molar-refractivity contribution in [3.63, 3.8) is 0 Å². The molecule has 2 aliphatic rings. The molecule has 3 heterocycles. The first-order valence-corrected chi connectivity index (χ1v) is 10.4. The van der Waals surface area contributed by atoms with Gasteiger partial charge in [0.05, 0.1) is 50.4 Å². The van der Waals surface area contributed by atoms with Crippen LogP contribution in [0.3, 0.4) is 0 Å². The fourth-order valence-corrected chi connectivity index (χ4v) is 4.15. The first-order chi connectivity index (χ1) is 14.6. The van der Waals surface area contributed by atoms with E-state index < -0.39 is 0 Å². The van der Waals surface area contributed by atoms with Gasteiger partial charge >= 0.3 is 0 Å². The molecule has 2 fully saturated rings. The number of piperazine rings is 2. The number of nitro benzene ring substituents is 1. The molecule has 2 saturated heterocycles. The Balaban J connectivity index is 1.22. The molecule has 9 heteroatoms. The van der Waals surface area contributed by atoms with E-state index in [-0.39, 0.29) is 16.5 Å². The van der Waals surface area contributed by atoms with Crippen LogP contribution in [0.1, 0.15) is 0 Å². The summed E-state index contributed by atoms with van der Waals surface area (Å²) in [7, 11) is 0. The number of benzene rings is 1. The number of H-pyrrole nitrogens is 1. The third-order valence-electron chi connectivity index (χ3n) is 5.96. The number of nitro groups is 1. The molecule has 0 saturated carbocycles. The van der Waals surface area contributed by atoms with Crippen LogP contribution in [0.5, 0.6) is 0 Å². The Labute approximate surface area is 175 Å². The van der Waals surface area contributed by atoms with E-state index in [0.717, 1.165) is 63.9 Å². The van der Waals surface area contributed by atoms with Gasteiger partial charge in [0.15, 0.2) is 6.54 Å². The van der Waals surface area contributed by atoms with E-state index in [4.69, 9.17) is 0 Å². The lowest BCUT2D eigenvalue weighted by molar-refractivity contribution is -0.892. The van der Waals surface area contributed by atoms with Gasteiger partial charge in [0, 0.05) is 23.9 Å². The van der Waals surface area contributed by atoms with Gasteiger partial charge in [-0.25, -0.2) is 4.98 Å². The number of carbonyl (C=O) groups is 1. The van der Waals surface area contributed by atoms with Crippen LogP contribution >= 0.6 is 0 Å². The number of nitrogens with zero attached hydrogens (tertiary/aromatic N) is 4. The van der Waals surface area contributed by atoms with Crippen LogP contribution in [0.25, 0.3) is 0 Å². The minimum atomic E-state index is -0.380. The molecule has 2 N–H and O–H groups in total. The lowest BCUT2D eigenvalue weighted by Gasteiger charge is -2.35. The highest BCUT2D eigenvalue weighted by Crippen LogP contribution is 2.19. The summed E-state index contributed by atoms with van der Waals surface area (Å²) in [6, 6.07) is 12.7. The van der Waals surface area contributed by atoms with Crippen molar-refractivity contribution >= 4 is 23.1 Å². The van der Waals surface area contributed by atoms with Gasteiger partial charge in [0.1, 0.15) is 13.1 Å². The second-order valence-electron chi connectivity index (χ2n) is 7.80. The van der Waals surface area contributed by atoms with E-state index in [9.17, 15) is 14.9 Å². The maximum atomic E-state index is 12.8. The molecule has 0 unspecified atom stereocenters. The number of nitrogens with one attached hydrogen (secondary N) is 2. The van der Waals surface area contributed by atoms with E-state index in [0.29, 0.717) is 6.54 Å². The van der Waals surface area contributed by atoms with Crippen LogP contribution in [0, 0.1) is 10.1 Å². The maximum Gasteiger partial charge on any atom is 0.278 e. The van der Waals surface area contributed by atoms with Crippen LogP contribution in [0.4, 0.5) is 17.2 Å². The Morgan fingerprint density at radius 1 is 0.967 bits per heavy atom. The van der Waals surface area contributed by atoms with Gasteiger partial charge in [-0.3, -0.25) is 19.8 Å². The number of rotatable bonds is 5. The fraction of sp³-hybridized carbons (Fsp3) is 0.429. The zero-order chi connectivity index (χ0) is 20.9. The molecule has 158 valence electrons. The molecule has 0 spiro atoms. The molecule has 0 bridgehead atoms. The molecular formula is C21H28N6O3+2. The number of aromatic nitrogens is 1. The molecule has 4 rings (SSSR count). The molecule has 0 aliphatic carbocycles. The Morgan fingerprint density at radius 2 is 1.67 bits per heavy atom. The fourth-order valence-electron chi connectivity index (χ4n) is 4.15. The van der Waals surface area contributed by atoms with Gasteiger partial charge in [0.25, 0.3) is 17.4 Å². The molecule has 2 aromatic rings. The van der Waals surface area contributed by atoms with Crippen molar-refractivity contribution in [2.24, 2.45) is 0 Å². The molecule has 2 aliphatic heterocycles. The van der Waals surface area contributed by atoms with E-state index in [2.05, 4.69) is 20.9 Å². The van der Waals surface area contributed by atoms with Crippen molar-refractivity contribution in [1.82, 2.24) is 4.90 Å². The average molecular weight is 412 g/mol. The summed E-state index contributed by atoms with van der Waals surface area (Å²) in [6.45, 7) is 7.20. The van der Waals surface area contributed by atoms with Crippen molar-refractivity contribution in [2.75, 3.05) is 68.7 Å². The van der Waals surface area contributed by atoms with Gasteiger partial charge in [-0.05, 0) is 18.2 Å². The monoisotopic (exact) mass is 412 g/mol. The van der Waals surface area contributed by atoms with Crippen LogP contribution in [-0.2, 0) is 4.79 Å². The first-order valence-electron chi connectivity index (χ1n) is 10.4. The predicted octanol–water partition coefficient (Wildman–Crippen LogP) is -0.537. The molecule has 1 amide bonds. The highest BCUT2D eigenvalue weighted by atomic mass is 16.6. The third-order valence-corrected chi connectivity index (χ3v) is 5.96. The molecule has 1 aromatic carbocycles. The van der Waals surface area contributed by atoms with Gasteiger partial charge in [-0.15, -0.1) is 0 Å². The molecular weight excluding hydrogens is 384 g/mol. The summed E-state index contributed by atoms with van der Waals surface area (Å²) in [6.07, 6.45) is 1.92. The third kappa shape index (κ3) is 4.68. The van der Waals surface area contributed by atoms with Gasteiger partial charge in [-0.2, -0.15) is 0 Å². The quantitative estimate of drug-likeness (QED) is 0.527. The van der Waals surface area contributed by atoms with Crippen LogP contribution in [-0.4, -0.2) is 74.6 Å². The Hall–Kier alpha value is -3.20. The molecule has 0 radical (unpaired) electrons. The molecule has 0 atom stereocenters. The van der Waals surface area contributed by atoms with Crippen LogP contribution < -0.4 is 19.7 Å². The van der Waals surface area contributed by atoms with Crippen molar-refractivity contribution < 1.29 is 19.6 Å². The minimum Gasteiger partial charge on any atom is -0.360 e. The van der Waals surface area contributed by atoms with Gasteiger partial charge in [-0.1, -0.05) is 6.07 Å². The molecule has 9 nitrogen and oxygen atoms in total. The number of anilines is 2. The van der Waals surface area contributed by atoms with Crippen LogP contribution in [0.15, 0.2) is 48.7 Å². The number of quaternary nitrogens is 1. The molecule has 1 aromatic heterocycles. The van der Waals surface area contributed by atoms with E-state index >= 15 is 0 Å². The highest BCUT2D eigenvalue weighted by molar-refractivity contribution is 5.77. The zero-order valence-corrected chi connectivity index (χ0v) is 17.0. The topological polar surface area (TPSA) is 88.5 Å². The first kappa shape index (κ1) is 20.1. The maximum absolute atomic E-state index is 12.8. The summed E-state index contributed by atoms with van der Waals surface area (Å²) in [5, 5.41) is 10.8. The second-order valence-corrected chi connectivity index (χ2v) is 7.80. The Kier molecular flexibility index (Phi) is 6.08. The minimum absolute atomic E-state index is 0.110. The number of hydrogen-bond acceptors (Lipinski definition) is 5. The van der Waals surface area contributed by atoms with E-state index in [1.54, 1.807) is 24.3 Å². The average Bonchev–Trinajstić information content (AvgIpc) is 2.80. The summed E-state index contributed by atoms with van der Waals surface area (Å²) < 4.78 is 0. The summed E-state index contributed by atoms with van der Waals surface area (Å²) in [5.41, 5.74) is 1.11. The number of amides is 1. The summed E-state index contributed by atoms with van der Waals surface area (Å²) >= 11 is 0. The van der Waals surface area contributed by atoms with Crippen LogP contribution in [0.2, 0.25) is 0 Å². The lowest BCUT2D eigenvalue weighted by Crippen LogP contribution is -3.16. The number of pyridine rings is 1. The lowest BCUT2D eigenvalue weighted by atomic mass is 10.2. The second kappa shape index (κ2) is 9.08. The largest absolute Gasteiger partial charge is 0.360 e. The summed E-state index contributed by atoms with van der Waals surface area (Å²) in [4.78, 5) is 34.2. The molecule has 30 heavy (non-hydrogen) atoms. The number of carbonyl (C=O) groups excluding carboxylic acids is 1. The Bertz CT molecular complexity index is 860. The van der Waals surface area contributed by atoms with Crippen molar-refractivity contribution in [2.45, 2.75) is 0 Å². The van der Waals surface area contributed by atoms with Crippen molar-refractivity contribution in [3.05, 3.63) is 58.8 Å². The van der Waals surface area contributed by atoms with Gasteiger partial charge in [0.2, 0.25) is 0 Å². The van der Waals surface area contributed by atoms with E-state index in [1.165, 1.54) is 4.90 Å². The highest BCUT2D eigenvalue weighted by Gasteiger charge is 2.29. The number of hydrogen-bond donors (Lipinski definition) is 1. The number of aromatic amines is 1. The SMILES string of the molecule is O=C(C[NH+]1CCN(c2ccc([N+](=O)[O-])cc2)CC1)N1CCN(c2cccc[nH+]2)CC1. The Morgan fingerprint density at radius 3 is 2.27 bits per heavy atom. The van der Waals surface area contributed by atoms with Gasteiger partial charge < -0.3 is 14.7 Å². The normalized spacial score (nSPS) is 17.8. The number of non-ortho nitro benzene ring substituents is 1.